The lowest BCUT2D eigenvalue weighted by atomic mass is 9.89. The number of H-pyrrole nitrogens is 1. The van der Waals surface area contributed by atoms with Gasteiger partial charge < -0.3 is 23.7 Å². The Kier molecular flexibility index (Phi) is 9.08. The molecule has 7 rings (SSSR count). The number of nitrogens with one attached hydrogen (secondary N) is 1. The number of hydrogen-bond acceptors (Lipinski definition) is 9. The molecule has 11 nitrogen and oxygen atoms in total. The van der Waals surface area contributed by atoms with E-state index >= 15 is 4.39 Å². The van der Waals surface area contributed by atoms with Crippen LogP contribution in [0.15, 0.2) is 47.4 Å². The first-order valence-corrected chi connectivity index (χ1v) is 16.6. The highest BCUT2D eigenvalue weighted by molar-refractivity contribution is 6.04. The van der Waals surface area contributed by atoms with E-state index < -0.39 is 5.97 Å². The molecule has 2 aliphatic rings. The van der Waals surface area contributed by atoms with Crippen molar-refractivity contribution in [3.05, 3.63) is 81.0 Å². The number of rotatable bonds is 11. The number of carbonyl (C=O) groups is 1. The number of ether oxygens (including phenoxy) is 5. The van der Waals surface area contributed by atoms with Gasteiger partial charge in [-0.05, 0) is 86.8 Å². The minimum atomic E-state index is -0.443. The first-order chi connectivity index (χ1) is 23.8. The van der Waals surface area contributed by atoms with Gasteiger partial charge in [-0.3, -0.25) is 9.78 Å². The molecule has 1 aliphatic heterocycles. The van der Waals surface area contributed by atoms with Gasteiger partial charge in [0.15, 0.2) is 12.0 Å². The van der Waals surface area contributed by atoms with Crippen LogP contribution in [0.1, 0.15) is 78.2 Å². The molecular weight excluding hydrogens is 631 g/mol. The van der Waals surface area contributed by atoms with E-state index in [1.54, 1.807) is 49.2 Å². The van der Waals surface area contributed by atoms with E-state index in [0.29, 0.717) is 45.5 Å². The van der Waals surface area contributed by atoms with Crippen LogP contribution in [-0.2, 0) is 20.8 Å². The fraction of sp³-hybridized carbons (Fsp3) is 0.405. The molecule has 12 heteroatoms. The Bertz CT molecular complexity index is 2080. The highest BCUT2D eigenvalue weighted by Crippen LogP contribution is 2.52. The number of aromatic amines is 1. The standard InChI is InChI=1S/C37H39FN4O7/c1-20(45-3)18-49-37-40-33-26(35(43)41-37)15-25(23-12-13-23)32(34(33)48-19-22-8-10-24(11-9-22)36(44)46-4)31-21(2)28(38)16-29-27(31)17-39-42(29)30-7-5-6-14-47-30/h8-11,15-17,20,23,30H,5-7,12-14,18-19H2,1-4H3,(H,40,41,43)/t20-,30?/m0/s1. The number of benzene rings is 3. The van der Waals surface area contributed by atoms with Crippen LogP contribution in [0.3, 0.4) is 0 Å². The second-order valence-electron chi connectivity index (χ2n) is 12.7. The lowest BCUT2D eigenvalue weighted by molar-refractivity contribution is -0.0366. The smallest absolute Gasteiger partial charge is 0.337 e. The van der Waals surface area contributed by atoms with E-state index in [1.807, 2.05) is 13.0 Å². The zero-order chi connectivity index (χ0) is 34.2. The minimum absolute atomic E-state index is 0.0159. The molecule has 1 unspecified atom stereocenters. The summed E-state index contributed by atoms with van der Waals surface area (Å²) in [5.74, 6) is -0.346. The Labute approximate surface area is 282 Å². The normalized spacial score (nSPS) is 17.0. The Morgan fingerprint density at radius 3 is 2.57 bits per heavy atom. The minimum Gasteiger partial charge on any atom is -0.486 e. The van der Waals surface area contributed by atoms with Crippen LogP contribution >= 0.6 is 0 Å². The summed E-state index contributed by atoms with van der Waals surface area (Å²) >= 11 is 0. The summed E-state index contributed by atoms with van der Waals surface area (Å²) in [7, 11) is 2.91. The Balaban J connectivity index is 1.45. The highest BCUT2D eigenvalue weighted by Gasteiger charge is 2.33. The molecule has 2 fully saturated rings. The second kappa shape index (κ2) is 13.6. The van der Waals surface area contributed by atoms with Gasteiger partial charge in [0.25, 0.3) is 11.6 Å². The molecule has 49 heavy (non-hydrogen) atoms. The molecule has 3 aromatic carbocycles. The number of methoxy groups -OCH3 is 2. The summed E-state index contributed by atoms with van der Waals surface area (Å²) in [6, 6.07) is 10.3. The van der Waals surface area contributed by atoms with Gasteiger partial charge in [0.05, 0.1) is 35.9 Å². The van der Waals surface area contributed by atoms with Crippen molar-refractivity contribution in [1.29, 1.82) is 0 Å². The number of nitrogens with zero attached hydrogens (tertiary/aromatic N) is 3. The van der Waals surface area contributed by atoms with Crippen LogP contribution < -0.4 is 15.0 Å². The molecule has 5 aromatic rings. The average Bonchev–Trinajstić information content (AvgIpc) is 3.89. The van der Waals surface area contributed by atoms with Gasteiger partial charge in [-0.2, -0.15) is 10.1 Å². The monoisotopic (exact) mass is 670 g/mol. The molecule has 1 saturated carbocycles. The predicted molar refractivity (Wildman–Crippen MR) is 181 cm³/mol. The third-order valence-corrected chi connectivity index (χ3v) is 9.38. The molecule has 0 spiro atoms. The highest BCUT2D eigenvalue weighted by atomic mass is 19.1. The average molecular weight is 671 g/mol. The van der Waals surface area contributed by atoms with Crippen LogP contribution in [-0.4, -0.2) is 59.3 Å². The Hall–Kier alpha value is -4.81. The molecule has 256 valence electrons. The molecule has 3 heterocycles. The molecule has 1 N–H and O–H groups in total. The largest absolute Gasteiger partial charge is 0.486 e. The van der Waals surface area contributed by atoms with E-state index in [-0.39, 0.29) is 54.4 Å². The number of esters is 1. The van der Waals surface area contributed by atoms with Crippen molar-refractivity contribution in [1.82, 2.24) is 19.7 Å². The Morgan fingerprint density at radius 1 is 1.08 bits per heavy atom. The first kappa shape index (κ1) is 32.7. The number of carbonyl (C=O) groups excluding carboxylic acids is 1. The van der Waals surface area contributed by atoms with Gasteiger partial charge in [0, 0.05) is 36.3 Å². The quantitative estimate of drug-likeness (QED) is 0.152. The zero-order valence-corrected chi connectivity index (χ0v) is 28.0. The molecule has 1 saturated heterocycles. The van der Waals surface area contributed by atoms with Crippen LogP contribution in [0.5, 0.6) is 11.8 Å². The fourth-order valence-corrected chi connectivity index (χ4v) is 6.43. The van der Waals surface area contributed by atoms with Gasteiger partial charge in [-0.25, -0.2) is 13.9 Å². The van der Waals surface area contributed by atoms with Gasteiger partial charge in [0.2, 0.25) is 0 Å². The topological polar surface area (TPSA) is 127 Å². The molecule has 2 aromatic heterocycles. The summed E-state index contributed by atoms with van der Waals surface area (Å²) in [5.41, 5.74) is 4.31. The number of fused-ring (bicyclic) bond motifs is 2. The van der Waals surface area contributed by atoms with Crippen LogP contribution in [0.4, 0.5) is 4.39 Å². The summed E-state index contributed by atoms with van der Waals surface area (Å²) < 4.78 is 46.6. The van der Waals surface area contributed by atoms with Crippen molar-refractivity contribution in [2.24, 2.45) is 0 Å². The van der Waals surface area contributed by atoms with Crippen molar-refractivity contribution >= 4 is 27.8 Å². The number of hydrogen-bond donors (Lipinski definition) is 1. The fourth-order valence-electron chi connectivity index (χ4n) is 6.43. The van der Waals surface area contributed by atoms with Crippen molar-refractivity contribution < 1.29 is 32.9 Å². The van der Waals surface area contributed by atoms with Gasteiger partial charge in [0.1, 0.15) is 24.5 Å². The van der Waals surface area contributed by atoms with E-state index in [9.17, 15) is 9.59 Å². The van der Waals surface area contributed by atoms with Crippen molar-refractivity contribution in [2.45, 2.75) is 70.8 Å². The number of aromatic nitrogens is 4. The van der Waals surface area contributed by atoms with E-state index in [4.69, 9.17) is 33.8 Å². The maximum atomic E-state index is 16.1. The van der Waals surface area contributed by atoms with Crippen LogP contribution in [0, 0.1) is 12.7 Å². The predicted octanol–water partition coefficient (Wildman–Crippen LogP) is 6.74. The van der Waals surface area contributed by atoms with Crippen molar-refractivity contribution in [3.63, 3.8) is 0 Å². The van der Waals surface area contributed by atoms with E-state index in [0.717, 1.165) is 48.6 Å². The third kappa shape index (κ3) is 6.38. The van der Waals surface area contributed by atoms with Crippen LogP contribution in [0.2, 0.25) is 0 Å². The second-order valence-corrected chi connectivity index (χ2v) is 12.7. The van der Waals surface area contributed by atoms with Crippen molar-refractivity contribution in [3.8, 4) is 22.9 Å². The molecule has 2 atom stereocenters. The summed E-state index contributed by atoms with van der Waals surface area (Å²) in [5, 5.41) is 5.80. The zero-order valence-electron chi connectivity index (χ0n) is 28.0. The van der Waals surface area contributed by atoms with Crippen LogP contribution in [0.25, 0.3) is 32.9 Å². The number of halogens is 1. The van der Waals surface area contributed by atoms with Gasteiger partial charge in [-0.15, -0.1) is 0 Å². The third-order valence-electron chi connectivity index (χ3n) is 9.38. The molecule has 0 radical (unpaired) electrons. The molecular formula is C37H39FN4O7. The molecule has 1 aliphatic carbocycles. The van der Waals surface area contributed by atoms with E-state index in [2.05, 4.69) is 4.98 Å². The van der Waals surface area contributed by atoms with Gasteiger partial charge in [-0.1, -0.05) is 12.1 Å². The maximum absolute atomic E-state index is 16.1. The van der Waals surface area contributed by atoms with Gasteiger partial charge >= 0.3 is 5.97 Å². The summed E-state index contributed by atoms with van der Waals surface area (Å²) in [6.45, 7) is 4.45. The summed E-state index contributed by atoms with van der Waals surface area (Å²) in [6.07, 6.45) is 5.81. The summed E-state index contributed by atoms with van der Waals surface area (Å²) in [4.78, 5) is 33.2. The molecule has 0 bridgehead atoms. The van der Waals surface area contributed by atoms with Crippen molar-refractivity contribution in [2.75, 3.05) is 27.4 Å². The lowest BCUT2D eigenvalue weighted by Gasteiger charge is -2.24. The first-order valence-electron chi connectivity index (χ1n) is 16.6. The SMILES string of the molecule is COC(=O)c1ccc(COc2c(-c3c(C)c(F)cc4c3cnn4C3CCCCO3)c(C3CC3)cc3c(=O)[nH]c(OC[C@H](C)OC)nc23)cc1. The van der Waals surface area contributed by atoms with E-state index in [1.165, 1.54) is 13.2 Å². The lowest BCUT2D eigenvalue weighted by Crippen LogP contribution is -2.19. The Morgan fingerprint density at radius 2 is 1.88 bits per heavy atom. The molecule has 0 amide bonds. The maximum Gasteiger partial charge on any atom is 0.337 e.